The summed E-state index contributed by atoms with van der Waals surface area (Å²) in [6, 6.07) is 17.9. The number of ketones is 1. The Bertz CT molecular complexity index is 1150. The zero-order valence-corrected chi connectivity index (χ0v) is 15.6. The maximum Gasteiger partial charge on any atom is 0.195 e. The topological polar surface area (TPSA) is 42.2 Å². The van der Waals surface area contributed by atoms with Crippen molar-refractivity contribution in [2.45, 2.75) is 25.8 Å². The lowest BCUT2D eigenvalue weighted by Gasteiger charge is -2.06. The number of aliphatic hydroxyl groups excluding tert-OH is 1. The molecule has 0 unspecified atom stereocenters. The Hall–Kier alpha value is -2.98. The van der Waals surface area contributed by atoms with Gasteiger partial charge in [-0.1, -0.05) is 42.5 Å². The van der Waals surface area contributed by atoms with Gasteiger partial charge in [-0.3, -0.25) is 4.79 Å². The molecule has 28 heavy (non-hydrogen) atoms. The smallest absolute Gasteiger partial charge is 0.195 e. The number of unbranched alkanes of at least 4 members (excludes halogenated alkanes) is 2. The molecule has 1 heterocycles. The van der Waals surface area contributed by atoms with E-state index in [4.69, 9.17) is 5.11 Å². The molecule has 4 heteroatoms. The lowest BCUT2D eigenvalue weighted by molar-refractivity contribution is 0.104. The molecular weight excluding hydrogens is 353 g/mol. The van der Waals surface area contributed by atoms with Gasteiger partial charge in [0.05, 0.1) is 0 Å². The van der Waals surface area contributed by atoms with Crippen molar-refractivity contribution >= 4 is 27.5 Å². The number of rotatable bonds is 7. The molecule has 0 bridgehead atoms. The monoisotopic (exact) mass is 375 g/mol. The van der Waals surface area contributed by atoms with Gasteiger partial charge in [0.25, 0.3) is 0 Å². The van der Waals surface area contributed by atoms with Crippen molar-refractivity contribution in [3.05, 3.63) is 83.8 Å². The van der Waals surface area contributed by atoms with E-state index in [1.807, 2.05) is 36.5 Å². The summed E-state index contributed by atoms with van der Waals surface area (Å²) in [4.78, 5) is 13.4. The molecular formula is C24H22FNO2. The van der Waals surface area contributed by atoms with Crippen LogP contribution in [-0.4, -0.2) is 22.1 Å². The molecule has 0 radical (unpaired) electrons. The van der Waals surface area contributed by atoms with E-state index in [1.54, 1.807) is 24.3 Å². The maximum absolute atomic E-state index is 14.2. The van der Waals surface area contributed by atoms with Crippen LogP contribution in [0.5, 0.6) is 0 Å². The fraction of sp³-hybridized carbons (Fsp3) is 0.208. The summed E-state index contributed by atoms with van der Waals surface area (Å²) in [5.74, 6) is -0.417. The molecule has 142 valence electrons. The quantitative estimate of drug-likeness (QED) is 0.350. The average Bonchev–Trinajstić information content (AvgIpc) is 3.10. The number of halogens is 1. The number of aromatic nitrogens is 1. The molecule has 0 saturated heterocycles. The van der Waals surface area contributed by atoms with Gasteiger partial charge in [-0.05, 0) is 42.8 Å². The molecule has 3 aromatic carbocycles. The largest absolute Gasteiger partial charge is 0.396 e. The van der Waals surface area contributed by atoms with E-state index in [1.165, 1.54) is 6.07 Å². The summed E-state index contributed by atoms with van der Waals surface area (Å²) < 4.78 is 16.3. The number of hydrogen-bond acceptors (Lipinski definition) is 2. The second-order valence-electron chi connectivity index (χ2n) is 7.01. The molecule has 3 nitrogen and oxygen atoms in total. The number of para-hydroxylation sites is 1. The first-order chi connectivity index (χ1) is 13.7. The van der Waals surface area contributed by atoms with E-state index >= 15 is 0 Å². The predicted molar refractivity (Wildman–Crippen MR) is 110 cm³/mol. The Kier molecular flexibility index (Phi) is 5.22. The first kappa shape index (κ1) is 18.4. The SMILES string of the molecule is O=C(c1ccc(F)c2ccccc12)c1cn(CCCCCO)c2ccccc12. The van der Waals surface area contributed by atoms with Gasteiger partial charge >= 0.3 is 0 Å². The molecule has 0 aliphatic rings. The van der Waals surface area contributed by atoms with Gasteiger partial charge in [-0.2, -0.15) is 0 Å². The number of hydrogen-bond donors (Lipinski definition) is 1. The van der Waals surface area contributed by atoms with E-state index < -0.39 is 0 Å². The maximum atomic E-state index is 14.2. The molecule has 0 spiro atoms. The minimum Gasteiger partial charge on any atom is -0.396 e. The summed E-state index contributed by atoms with van der Waals surface area (Å²) in [5, 5.41) is 11.0. The summed E-state index contributed by atoms with van der Waals surface area (Å²) in [6.07, 6.45) is 4.57. The van der Waals surface area contributed by atoms with Gasteiger partial charge in [0, 0.05) is 46.8 Å². The number of aliphatic hydroxyl groups is 1. The first-order valence-electron chi connectivity index (χ1n) is 9.61. The van der Waals surface area contributed by atoms with Crippen LogP contribution in [0.2, 0.25) is 0 Å². The average molecular weight is 375 g/mol. The summed E-state index contributed by atoms with van der Waals surface area (Å²) in [5.41, 5.74) is 2.16. The molecule has 0 amide bonds. The van der Waals surface area contributed by atoms with Gasteiger partial charge in [0.1, 0.15) is 5.82 Å². The van der Waals surface area contributed by atoms with E-state index in [0.29, 0.717) is 21.9 Å². The fourth-order valence-corrected chi connectivity index (χ4v) is 3.79. The highest BCUT2D eigenvalue weighted by molar-refractivity contribution is 6.21. The van der Waals surface area contributed by atoms with E-state index in [2.05, 4.69) is 4.57 Å². The van der Waals surface area contributed by atoms with Crippen LogP contribution in [-0.2, 0) is 6.54 Å². The minimum absolute atomic E-state index is 0.0958. The second kappa shape index (κ2) is 7.95. The number of aryl methyl sites for hydroxylation is 1. The zero-order chi connectivity index (χ0) is 19.5. The first-order valence-corrected chi connectivity index (χ1v) is 9.61. The molecule has 1 N–H and O–H groups in total. The summed E-state index contributed by atoms with van der Waals surface area (Å²) >= 11 is 0. The van der Waals surface area contributed by atoms with Crippen LogP contribution in [0, 0.1) is 5.82 Å². The molecule has 0 saturated carbocycles. The molecule has 0 aliphatic carbocycles. The van der Waals surface area contributed by atoms with Crippen LogP contribution in [0.4, 0.5) is 4.39 Å². The third-order valence-electron chi connectivity index (χ3n) is 5.21. The van der Waals surface area contributed by atoms with Crippen molar-refractivity contribution in [3.8, 4) is 0 Å². The summed E-state index contributed by atoms with van der Waals surface area (Å²) in [6.45, 7) is 0.992. The fourth-order valence-electron chi connectivity index (χ4n) is 3.79. The Morgan fingerprint density at radius 2 is 1.54 bits per heavy atom. The molecule has 1 aromatic heterocycles. The van der Waals surface area contributed by atoms with Crippen LogP contribution in [0.25, 0.3) is 21.7 Å². The van der Waals surface area contributed by atoms with Crippen molar-refractivity contribution < 1.29 is 14.3 Å². The van der Waals surface area contributed by atoms with E-state index in [0.717, 1.165) is 36.7 Å². The summed E-state index contributed by atoms with van der Waals surface area (Å²) in [7, 11) is 0. The van der Waals surface area contributed by atoms with Crippen LogP contribution in [0.15, 0.2) is 66.9 Å². The van der Waals surface area contributed by atoms with Crippen LogP contribution < -0.4 is 0 Å². The van der Waals surface area contributed by atoms with Gasteiger partial charge in [-0.15, -0.1) is 0 Å². The second-order valence-corrected chi connectivity index (χ2v) is 7.01. The van der Waals surface area contributed by atoms with Crippen LogP contribution in [0.3, 0.4) is 0 Å². The minimum atomic E-state index is -0.321. The predicted octanol–water partition coefficient (Wildman–Crippen LogP) is 5.33. The highest BCUT2D eigenvalue weighted by Gasteiger charge is 2.19. The molecule has 0 fully saturated rings. The number of carbonyl (C=O) groups is 1. The molecule has 4 rings (SSSR count). The Morgan fingerprint density at radius 3 is 2.32 bits per heavy atom. The van der Waals surface area contributed by atoms with Crippen molar-refractivity contribution in [3.63, 3.8) is 0 Å². The van der Waals surface area contributed by atoms with Crippen molar-refractivity contribution in [1.82, 2.24) is 4.57 Å². The molecule has 0 aliphatic heterocycles. The lowest BCUT2D eigenvalue weighted by Crippen LogP contribution is -2.03. The molecule has 4 aromatic rings. The molecule has 0 atom stereocenters. The van der Waals surface area contributed by atoms with Crippen LogP contribution >= 0.6 is 0 Å². The van der Waals surface area contributed by atoms with Gasteiger partial charge < -0.3 is 9.67 Å². The lowest BCUT2D eigenvalue weighted by atomic mass is 9.97. The van der Waals surface area contributed by atoms with Gasteiger partial charge in [0.15, 0.2) is 5.78 Å². The van der Waals surface area contributed by atoms with E-state index in [9.17, 15) is 9.18 Å². The van der Waals surface area contributed by atoms with E-state index in [-0.39, 0.29) is 18.2 Å². The third kappa shape index (κ3) is 3.32. The number of benzene rings is 3. The number of nitrogens with zero attached hydrogens (tertiary/aromatic N) is 1. The standard InChI is InChI=1S/C24H22FNO2/c25-22-13-12-20(17-8-2-3-9-18(17)22)24(28)21-16-26(14-6-1-7-15-27)23-11-5-4-10-19(21)23/h2-5,8-13,16,27H,1,6-7,14-15H2. The normalized spacial score (nSPS) is 11.4. The zero-order valence-electron chi connectivity index (χ0n) is 15.6. The van der Waals surface area contributed by atoms with Gasteiger partial charge in [-0.25, -0.2) is 4.39 Å². The number of carbonyl (C=O) groups excluding carboxylic acids is 1. The van der Waals surface area contributed by atoms with Crippen molar-refractivity contribution in [2.24, 2.45) is 0 Å². The van der Waals surface area contributed by atoms with Gasteiger partial charge in [0.2, 0.25) is 0 Å². The third-order valence-corrected chi connectivity index (χ3v) is 5.21. The van der Waals surface area contributed by atoms with Crippen LogP contribution in [0.1, 0.15) is 35.2 Å². The Balaban J connectivity index is 1.77. The Labute approximate surface area is 163 Å². The highest BCUT2D eigenvalue weighted by atomic mass is 19.1. The Morgan fingerprint density at radius 1 is 0.821 bits per heavy atom. The highest BCUT2D eigenvalue weighted by Crippen LogP contribution is 2.28. The van der Waals surface area contributed by atoms with Crippen molar-refractivity contribution in [2.75, 3.05) is 6.61 Å². The number of fused-ring (bicyclic) bond motifs is 2. The van der Waals surface area contributed by atoms with Crippen molar-refractivity contribution in [1.29, 1.82) is 0 Å².